The van der Waals surface area contributed by atoms with Gasteiger partial charge in [0, 0.05) is 24.2 Å². The molecule has 2 aromatic rings. The molecule has 4 rings (SSSR count). The van der Waals surface area contributed by atoms with Gasteiger partial charge in [0.2, 0.25) is 5.78 Å². The Morgan fingerprint density at radius 1 is 1.19 bits per heavy atom. The molecule has 0 unspecified atom stereocenters. The Morgan fingerprint density at radius 3 is 2.69 bits per heavy atom. The molecule has 2 aliphatic heterocycles. The SMILES string of the molecule is Cc1c2c(cc3c1O/C(=C\c1ccccc1)C3=O)CN(CC(C)C)CO2. The van der Waals surface area contributed by atoms with Crippen LogP contribution in [-0.4, -0.2) is 24.0 Å². The summed E-state index contributed by atoms with van der Waals surface area (Å²) >= 11 is 0. The van der Waals surface area contributed by atoms with Gasteiger partial charge in [-0.25, -0.2) is 0 Å². The monoisotopic (exact) mass is 349 g/mol. The van der Waals surface area contributed by atoms with Gasteiger partial charge in [-0.3, -0.25) is 9.69 Å². The van der Waals surface area contributed by atoms with E-state index in [4.69, 9.17) is 9.47 Å². The average Bonchev–Trinajstić information content (AvgIpc) is 2.92. The lowest BCUT2D eigenvalue weighted by atomic mass is 9.99. The highest BCUT2D eigenvalue weighted by molar-refractivity contribution is 6.15. The van der Waals surface area contributed by atoms with Crippen LogP contribution in [0.3, 0.4) is 0 Å². The third kappa shape index (κ3) is 3.01. The number of fused-ring (bicyclic) bond motifs is 2. The van der Waals surface area contributed by atoms with Crippen LogP contribution in [0.25, 0.3) is 6.08 Å². The normalized spacial score (nSPS) is 17.8. The van der Waals surface area contributed by atoms with E-state index in [1.54, 1.807) is 6.08 Å². The molecule has 0 bridgehead atoms. The molecule has 0 saturated carbocycles. The number of hydrogen-bond donors (Lipinski definition) is 0. The van der Waals surface area contributed by atoms with E-state index in [1.165, 1.54) is 0 Å². The zero-order valence-corrected chi connectivity index (χ0v) is 15.4. The van der Waals surface area contributed by atoms with Crippen molar-refractivity contribution in [2.75, 3.05) is 13.3 Å². The van der Waals surface area contributed by atoms with Crippen molar-refractivity contribution in [1.29, 1.82) is 0 Å². The molecule has 0 saturated heterocycles. The van der Waals surface area contributed by atoms with E-state index in [2.05, 4.69) is 18.7 Å². The number of ether oxygens (including phenoxy) is 2. The van der Waals surface area contributed by atoms with Crippen molar-refractivity contribution >= 4 is 11.9 Å². The second-order valence-corrected chi connectivity index (χ2v) is 7.40. The summed E-state index contributed by atoms with van der Waals surface area (Å²) in [6.45, 7) is 8.70. The average molecular weight is 349 g/mol. The first-order chi connectivity index (χ1) is 12.5. The highest BCUT2D eigenvalue weighted by atomic mass is 16.5. The Hall–Kier alpha value is -2.59. The van der Waals surface area contributed by atoms with Crippen molar-refractivity contribution < 1.29 is 14.3 Å². The van der Waals surface area contributed by atoms with E-state index in [-0.39, 0.29) is 5.78 Å². The van der Waals surface area contributed by atoms with Gasteiger partial charge >= 0.3 is 0 Å². The Morgan fingerprint density at radius 2 is 1.96 bits per heavy atom. The van der Waals surface area contributed by atoms with Crippen molar-refractivity contribution in [3.63, 3.8) is 0 Å². The summed E-state index contributed by atoms with van der Waals surface area (Å²) in [5.74, 6) is 2.37. The van der Waals surface area contributed by atoms with Crippen LogP contribution in [-0.2, 0) is 6.54 Å². The van der Waals surface area contributed by atoms with Gasteiger partial charge in [0.1, 0.15) is 18.2 Å². The summed E-state index contributed by atoms with van der Waals surface area (Å²) in [7, 11) is 0. The van der Waals surface area contributed by atoms with Crippen molar-refractivity contribution in [3.8, 4) is 11.5 Å². The smallest absolute Gasteiger partial charge is 0.231 e. The summed E-state index contributed by atoms with van der Waals surface area (Å²) in [6, 6.07) is 11.7. The van der Waals surface area contributed by atoms with Crippen LogP contribution in [0.4, 0.5) is 0 Å². The maximum atomic E-state index is 12.9. The van der Waals surface area contributed by atoms with E-state index < -0.39 is 0 Å². The zero-order chi connectivity index (χ0) is 18.3. The number of ketones is 1. The fourth-order valence-electron chi connectivity index (χ4n) is 3.63. The molecule has 26 heavy (non-hydrogen) atoms. The van der Waals surface area contributed by atoms with Gasteiger partial charge in [-0.05, 0) is 30.5 Å². The Bertz CT molecular complexity index is 884. The summed E-state index contributed by atoms with van der Waals surface area (Å²) in [5, 5.41) is 0. The minimum absolute atomic E-state index is 0.0595. The Balaban J connectivity index is 1.68. The molecule has 0 atom stereocenters. The number of Topliss-reactive ketones (excluding diaryl/α,β-unsaturated/α-hetero) is 1. The van der Waals surface area contributed by atoms with Crippen molar-refractivity contribution in [3.05, 3.63) is 64.4 Å². The molecule has 0 fully saturated rings. The molecule has 0 radical (unpaired) electrons. The standard InChI is InChI=1S/C22H23NO3/c1-14(2)11-23-12-17-10-18-20(24)19(9-16-7-5-4-6-8-16)26-22(18)15(3)21(17)25-13-23/h4-10,14H,11-13H2,1-3H3/b19-9-. The molecule has 2 aromatic carbocycles. The molecule has 2 aliphatic rings. The number of rotatable bonds is 3. The quantitative estimate of drug-likeness (QED) is 0.769. The van der Waals surface area contributed by atoms with Crippen LogP contribution in [0.15, 0.2) is 42.2 Å². The highest BCUT2D eigenvalue weighted by Gasteiger charge is 2.33. The molecule has 4 nitrogen and oxygen atoms in total. The van der Waals surface area contributed by atoms with Gasteiger partial charge in [-0.2, -0.15) is 0 Å². The lowest BCUT2D eigenvalue weighted by Crippen LogP contribution is -2.35. The Kier molecular flexibility index (Phi) is 4.29. The summed E-state index contributed by atoms with van der Waals surface area (Å²) in [4.78, 5) is 15.1. The van der Waals surface area contributed by atoms with E-state index in [0.29, 0.717) is 29.7 Å². The molecule has 0 N–H and O–H groups in total. The minimum Gasteiger partial charge on any atom is -0.477 e. The first-order valence-electron chi connectivity index (χ1n) is 9.04. The van der Waals surface area contributed by atoms with Gasteiger partial charge < -0.3 is 9.47 Å². The predicted molar refractivity (Wildman–Crippen MR) is 101 cm³/mol. The summed E-state index contributed by atoms with van der Waals surface area (Å²) < 4.78 is 11.9. The van der Waals surface area contributed by atoms with E-state index >= 15 is 0 Å². The second kappa shape index (κ2) is 6.61. The van der Waals surface area contributed by atoms with E-state index in [9.17, 15) is 4.79 Å². The third-order valence-electron chi connectivity index (χ3n) is 4.72. The molecule has 0 aromatic heterocycles. The largest absolute Gasteiger partial charge is 0.477 e. The van der Waals surface area contributed by atoms with Crippen LogP contribution in [0, 0.1) is 12.8 Å². The van der Waals surface area contributed by atoms with Crippen LogP contribution in [0.2, 0.25) is 0 Å². The van der Waals surface area contributed by atoms with E-state index in [1.807, 2.05) is 43.3 Å². The highest BCUT2D eigenvalue weighted by Crippen LogP contribution is 2.43. The molecule has 4 heteroatoms. The third-order valence-corrected chi connectivity index (χ3v) is 4.72. The van der Waals surface area contributed by atoms with Gasteiger partial charge in [-0.15, -0.1) is 0 Å². The maximum Gasteiger partial charge on any atom is 0.231 e. The number of hydrogen-bond acceptors (Lipinski definition) is 4. The van der Waals surface area contributed by atoms with Crippen molar-refractivity contribution in [2.24, 2.45) is 5.92 Å². The topological polar surface area (TPSA) is 38.8 Å². The second-order valence-electron chi connectivity index (χ2n) is 7.40. The zero-order valence-electron chi connectivity index (χ0n) is 15.4. The summed E-state index contributed by atoms with van der Waals surface area (Å²) in [5.41, 5.74) is 3.56. The molecular formula is C22H23NO3. The van der Waals surface area contributed by atoms with Gasteiger partial charge in [-0.1, -0.05) is 44.2 Å². The van der Waals surface area contributed by atoms with Crippen LogP contribution in [0.5, 0.6) is 11.5 Å². The maximum absolute atomic E-state index is 12.9. The number of benzene rings is 2. The lowest BCUT2D eigenvalue weighted by Gasteiger charge is -2.31. The molecule has 0 amide bonds. The summed E-state index contributed by atoms with van der Waals surface area (Å²) in [6.07, 6.45) is 1.80. The number of allylic oxidation sites excluding steroid dienone is 1. The van der Waals surface area contributed by atoms with Crippen molar-refractivity contribution in [2.45, 2.75) is 27.3 Å². The molecule has 0 spiro atoms. The number of nitrogens with zero attached hydrogens (tertiary/aromatic N) is 1. The lowest BCUT2D eigenvalue weighted by molar-refractivity contribution is 0.0835. The molecule has 2 heterocycles. The first kappa shape index (κ1) is 16.9. The minimum atomic E-state index is -0.0595. The fourth-order valence-corrected chi connectivity index (χ4v) is 3.63. The van der Waals surface area contributed by atoms with Crippen molar-refractivity contribution in [1.82, 2.24) is 4.90 Å². The number of carbonyl (C=O) groups is 1. The number of carbonyl (C=O) groups excluding carboxylic acids is 1. The van der Waals surface area contributed by atoms with E-state index in [0.717, 1.165) is 35.5 Å². The molecular weight excluding hydrogens is 326 g/mol. The van der Waals surface area contributed by atoms with Gasteiger partial charge in [0.25, 0.3) is 0 Å². The molecule has 134 valence electrons. The van der Waals surface area contributed by atoms with Crippen LogP contribution >= 0.6 is 0 Å². The first-order valence-corrected chi connectivity index (χ1v) is 9.04. The fraction of sp³-hybridized carbons (Fsp3) is 0.318. The van der Waals surface area contributed by atoms with Crippen LogP contribution < -0.4 is 9.47 Å². The Labute approximate surface area is 154 Å². The van der Waals surface area contributed by atoms with Gasteiger partial charge in [0.15, 0.2) is 5.76 Å². The van der Waals surface area contributed by atoms with Crippen LogP contribution in [0.1, 0.15) is 40.9 Å². The molecule has 0 aliphatic carbocycles. The predicted octanol–water partition coefficient (Wildman–Crippen LogP) is 4.42. The van der Waals surface area contributed by atoms with Gasteiger partial charge in [0.05, 0.1) is 5.56 Å².